The first kappa shape index (κ1) is 14.1. The molecular weight excluding hydrogens is 217 g/mol. The summed E-state index contributed by atoms with van der Waals surface area (Å²) in [6.07, 6.45) is 0.178. The fourth-order valence-corrected chi connectivity index (χ4v) is 1.68. The van der Waals surface area contributed by atoms with Crippen molar-refractivity contribution in [3.05, 3.63) is 35.1 Å². The van der Waals surface area contributed by atoms with Crippen molar-refractivity contribution in [1.82, 2.24) is 5.32 Å². The molecule has 0 aliphatic heterocycles. The first-order valence-electron chi connectivity index (χ1n) is 6.15. The molecule has 1 N–H and O–H groups in total. The summed E-state index contributed by atoms with van der Waals surface area (Å²) in [6, 6.07) is 5.50. The lowest BCUT2D eigenvalue weighted by molar-refractivity contribution is 0.0743. The number of nitrogens with one attached hydrogen (secondary N) is 1. The van der Waals surface area contributed by atoms with Crippen molar-refractivity contribution in [2.45, 2.75) is 39.8 Å². The second-order valence-electron chi connectivity index (χ2n) is 4.40. The van der Waals surface area contributed by atoms with Crippen molar-refractivity contribution >= 4 is 0 Å². The van der Waals surface area contributed by atoms with Crippen LogP contribution in [0.3, 0.4) is 0 Å². The van der Waals surface area contributed by atoms with Crippen molar-refractivity contribution in [2.24, 2.45) is 0 Å². The highest BCUT2D eigenvalue weighted by Gasteiger charge is 2.09. The Morgan fingerprint density at radius 3 is 2.65 bits per heavy atom. The molecule has 3 heteroatoms. The van der Waals surface area contributed by atoms with Gasteiger partial charge in [-0.3, -0.25) is 0 Å². The maximum Gasteiger partial charge on any atom is 0.126 e. The average molecular weight is 239 g/mol. The van der Waals surface area contributed by atoms with E-state index in [2.05, 4.69) is 5.32 Å². The molecule has 2 atom stereocenters. The number of ether oxygens (including phenoxy) is 1. The Kier molecular flexibility index (Phi) is 5.59. The number of benzene rings is 1. The Balaban J connectivity index is 2.52. The first-order valence-corrected chi connectivity index (χ1v) is 6.15. The van der Waals surface area contributed by atoms with Crippen molar-refractivity contribution < 1.29 is 9.13 Å². The van der Waals surface area contributed by atoms with Gasteiger partial charge < -0.3 is 10.1 Å². The van der Waals surface area contributed by atoms with Crippen LogP contribution in [0.1, 0.15) is 37.9 Å². The van der Waals surface area contributed by atoms with Crippen molar-refractivity contribution in [2.75, 3.05) is 13.2 Å². The second kappa shape index (κ2) is 6.72. The number of halogens is 1. The van der Waals surface area contributed by atoms with Gasteiger partial charge in [0, 0.05) is 19.2 Å². The number of hydrogen-bond acceptors (Lipinski definition) is 2. The maximum absolute atomic E-state index is 13.4. The third kappa shape index (κ3) is 4.44. The number of rotatable bonds is 6. The van der Waals surface area contributed by atoms with Crippen LogP contribution in [-0.4, -0.2) is 19.3 Å². The van der Waals surface area contributed by atoms with Crippen LogP contribution < -0.4 is 5.32 Å². The molecule has 0 bridgehead atoms. The fraction of sp³-hybridized carbons (Fsp3) is 0.571. The molecule has 96 valence electrons. The zero-order valence-electron chi connectivity index (χ0n) is 11.1. The minimum Gasteiger partial charge on any atom is -0.377 e. The van der Waals surface area contributed by atoms with E-state index in [-0.39, 0.29) is 18.0 Å². The summed E-state index contributed by atoms with van der Waals surface area (Å²) in [6.45, 7) is 9.30. The lowest BCUT2D eigenvalue weighted by Crippen LogP contribution is -2.29. The van der Waals surface area contributed by atoms with Gasteiger partial charge in [0.15, 0.2) is 0 Å². The predicted octanol–water partition coefficient (Wildman–Crippen LogP) is 3.21. The van der Waals surface area contributed by atoms with Gasteiger partial charge >= 0.3 is 0 Å². The third-order valence-electron chi connectivity index (χ3n) is 2.86. The van der Waals surface area contributed by atoms with Crippen LogP contribution in [-0.2, 0) is 4.74 Å². The third-order valence-corrected chi connectivity index (χ3v) is 2.86. The molecule has 0 radical (unpaired) electrons. The van der Waals surface area contributed by atoms with E-state index in [1.165, 1.54) is 0 Å². The van der Waals surface area contributed by atoms with Crippen LogP contribution in [0.15, 0.2) is 18.2 Å². The molecule has 0 aliphatic carbocycles. The fourth-order valence-electron chi connectivity index (χ4n) is 1.68. The second-order valence-corrected chi connectivity index (χ2v) is 4.40. The van der Waals surface area contributed by atoms with Crippen LogP contribution in [0.4, 0.5) is 4.39 Å². The largest absolute Gasteiger partial charge is 0.377 e. The van der Waals surface area contributed by atoms with E-state index in [1.54, 1.807) is 13.0 Å². The zero-order chi connectivity index (χ0) is 12.8. The summed E-state index contributed by atoms with van der Waals surface area (Å²) in [5.41, 5.74) is 1.65. The molecule has 17 heavy (non-hydrogen) atoms. The number of aryl methyl sites for hydroxylation is 1. The molecule has 0 aromatic heterocycles. The van der Waals surface area contributed by atoms with Gasteiger partial charge in [-0.1, -0.05) is 12.1 Å². The molecule has 2 unspecified atom stereocenters. The van der Waals surface area contributed by atoms with Gasteiger partial charge in [-0.2, -0.15) is 0 Å². The predicted molar refractivity (Wildman–Crippen MR) is 68.6 cm³/mol. The van der Waals surface area contributed by atoms with Crippen LogP contribution in [0, 0.1) is 12.7 Å². The minimum atomic E-state index is -0.144. The van der Waals surface area contributed by atoms with Gasteiger partial charge in [-0.25, -0.2) is 4.39 Å². The quantitative estimate of drug-likeness (QED) is 0.823. The molecule has 1 aromatic rings. The molecule has 1 rings (SSSR count). The first-order chi connectivity index (χ1) is 8.04. The highest BCUT2D eigenvalue weighted by molar-refractivity contribution is 5.25. The zero-order valence-corrected chi connectivity index (χ0v) is 11.1. The Morgan fingerprint density at radius 2 is 2.06 bits per heavy atom. The van der Waals surface area contributed by atoms with Gasteiger partial charge in [0.05, 0.1) is 6.10 Å². The Morgan fingerprint density at radius 1 is 1.35 bits per heavy atom. The monoisotopic (exact) mass is 239 g/mol. The summed E-state index contributed by atoms with van der Waals surface area (Å²) in [5.74, 6) is -0.144. The summed E-state index contributed by atoms with van der Waals surface area (Å²) < 4.78 is 18.8. The Bertz CT molecular complexity index is 354. The molecule has 0 spiro atoms. The van der Waals surface area contributed by atoms with Crippen molar-refractivity contribution in [3.8, 4) is 0 Å². The maximum atomic E-state index is 13.4. The Hall–Kier alpha value is -0.930. The molecule has 0 heterocycles. The van der Waals surface area contributed by atoms with Crippen LogP contribution in [0.2, 0.25) is 0 Å². The topological polar surface area (TPSA) is 21.3 Å². The molecule has 0 saturated carbocycles. The smallest absolute Gasteiger partial charge is 0.126 e. The minimum absolute atomic E-state index is 0.132. The van der Waals surface area contributed by atoms with E-state index in [9.17, 15) is 4.39 Å². The molecule has 0 fully saturated rings. The van der Waals surface area contributed by atoms with Crippen LogP contribution in [0.25, 0.3) is 0 Å². The SMILES string of the molecule is CCOC(C)CNC(C)c1ccc(C)c(F)c1. The molecular formula is C14H22FNO. The van der Waals surface area contributed by atoms with E-state index in [0.717, 1.165) is 18.7 Å². The van der Waals surface area contributed by atoms with Crippen molar-refractivity contribution in [3.63, 3.8) is 0 Å². The van der Waals surface area contributed by atoms with Crippen LogP contribution >= 0.6 is 0 Å². The lowest BCUT2D eigenvalue weighted by Gasteiger charge is -2.18. The van der Waals surface area contributed by atoms with E-state index in [1.807, 2.05) is 32.9 Å². The average Bonchev–Trinajstić information content (AvgIpc) is 2.30. The standard InChI is InChI=1S/C14H22FNO/c1-5-17-11(3)9-16-12(4)13-7-6-10(2)14(15)8-13/h6-8,11-12,16H,5,9H2,1-4H3. The Labute approximate surface area is 103 Å². The van der Waals surface area contributed by atoms with E-state index in [4.69, 9.17) is 4.74 Å². The van der Waals surface area contributed by atoms with Crippen LogP contribution in [0.5, 0.6) is 0 Å². The van der Waals surface area contributed by atoms with Gasteiger partial charge in [0.25, 0.3) is 0 Å². The molecule has 0 saturated heterocycles. The lowest BCUT2D eigenvalue weighted by atomic mass is 10.1. The molecule has 1 aromatic carbocycles. The molecule has 2 nitrogen and oxygen atoms in total. The van der Waals surface area contributed by atoms with Gasteiger partial charge in [0.1, 0.15) is 5.82 Å². The van der Waals surface area contributed by atoms with E-state index < -0.39 is 0 Å². The summed E-state index contributed by atoms with van der Waals surface area (Å²) in [5, 5.41) is 3.34. The van der Waals surface area contributed by atoms with E-state index in [0.29, 0.717) is 5.56 Å². The highest BCUT2D eigenvalue weighted by Crippen LogP contribution is 2.16. The van der Waals surface area contributed by atoms with Gasteiger partial charge in [-0.15, -0.1) is 0 Å². The normalized spacial score (nSPS) is 14.6. The van der Waals surface area contributed by atoms with Crippen molar-refractivity contribution in [1.29, 1.82) is 0 Å². The summed E-state index contributed by atoms with van der Waals surface area (Å²) in [7, 11) is 0. The number of hydrogen-bond donors (Lipinski definition) is 1. The van der Waals surface area contributed by atoms with E-state index >= 15 is 0 Å². The molecule has 0 aliphatic rings. The summed E-state index contributed by atoms with van der Waals surface area (Å²) in [4.78, 5) is 0. The van der Waals surface area contributed by atoms with Gasteiger partial charge in [0.2, 0.25) is 0 Å². The highest BCUT2D eigenvalue weighted by atomic mass is 19.1. The summed E-state index contributed by atoms with van der Waals surface area (Å²) >= 11 is 0. The van der Waals surface area contributed by atoms with Gasteiger partial charge in [-0.05, 0) is 44.9 Å². The molecule has 0 amide bonds.